The highest BCUT2D eigenvalue weighted by Crippen LogP contribution is 2.38. The minimum absolute atomic E-state index is 0.0199. The number of hydrogen-bond donors (Lipinski definition) is 1. The van der Waals surface area contributed by atoms with Crippen molar-refractivity contribution < 1.29 is 22.7 Å². The molecule has 1 saturated carbocycles. The molecule has 2 aliphatic rings. The summed E-state index contributed by atoms with van der Waals surface area (Å²) in [5, 5.41) is 6.70. The summed E-state index contributed by atoms with van der Waals surface area (Å²) in [5.74, 6) is 0.873. The van der Waals surface area contributed by atoms with Gasteiger partial charge in [0.15, 0.2) is 0 Å². The molecule has 2 aromatic carbocycles. The van der Waals surface area contributed by atoms with E-state index in [-0.39, 0.29) is 24.7 Å². The second-order valence-electron chi connectivity index (χ2n) is 9.98. The molecule has 1 amide bonds. The summed E-state index contributed by atoms with van der Waals surface area (Å²) in [6.07, 6.45) is -1.92. The lowest BCUT2D eigenvalue weighted by Crippen LogP contribution is -2.50. The van der Waals surface area contributed by atoms with Gasteiger partial charge in [0.1, 0.15) is 18.1 Å². The number of hydrogen-bond acceptors (Lipinski definition) is 7. The standard InChI is InChI=1S/C28H30F3N5O3/c29-28(30,31)23-17-21(8-11-25(23)34-38)32-20-6-9-22(10-7-20)39-18-27(37)36-15-13-35(14-16-36)26-12-5-19-3-1-2-4-24(19)33-26/h1-5,8,11-12,17,20,22,32H,6-7,9-10,13-16,18H2. The SMILES string of the molecule is O=Nc1ccc(NC2CCC(OCC(=O)N3CCN(c4ccc5ccccc5n4)CC3)CC2)cc1C(F)(F)F. The molecule has 1 N–H and O–H groups in total. The monoisotopic (exact) mass is 541 g/mol. The Morgan fingerprint density at radius 1 is 1.00 bits per heavy atom. The van der Waals surface area contributed by atoms with Gasteiger partial charge in [0.25, 0.3) is 0 Å². The first-order valence-corrected chi connectivity index (χ1v) is 13.1. The highest BCUT2D eigenvalue weighted by Gasteiger charge is 2.35. The molecule has 8 nitrogen and oxygen atoms in total. The van der Waals surface area contributed by atoms with Crippen LogP contribution in [-0.2, 0) is 15.7 Å². The van der Waals surface area contributed by atoms with Gasteiger partial charge in [-0.3, -0.25) is 4.79 Å². The summed E-state index contributed by atoms with van der Waals surface area (Å²) in [5.41, 5.74) is -0.424. The molecule has 1 aromatic heterocycles. The molecule has 3 aromatic rings. The zero-order valence-corrected chi connectivity index (χ0v) is 21.4. The van der Waals surface area contributed by atoms with Crippen LogP contribution in [0.25, 0.3) is 10.9 Å². The second kappa shape index (κ2) is 11.6. The fourth-order valence-electron chi connectivity index (χ4n) is 5.24. The Morgan fingerprint density at radius 2 is 1.74 bits per heavy atom. The van der Waals surface area contributed by atoms with Crippen molar-refractivity contribution in [3.8, 4) is 0 Å². The quantitative estimate of drug-likeness (QED) is 0.384. The Morgan fingerprint density at radius 3 is 2.46 bits per heavy atom. The first kappa shape index (κ1) is 26.9. The molecule has 1 saturated heterocycles. The van der Waals surface area contributed by atoms with Gasteiger partial charge in [-0.25, -0.2) is 4.98 Å². The van der Waals surface area contributed by atoms with Crippen LogP contribution in [0.1, 0.15) is 31.2 Å². The number of pyridine rings is 1. The highest BCUT2D eigenvalue weighted by molar-refractivity contribution is 5.80. The molecular weight excluding hydrogens is 511 g/mol. The summed E-state index contributed by atoms with van der Waals surface area (Å²) >= 11 is 0. The van der Waals surface area contributed by atoms with Crippen LogP contribution in [0.5, 0.6) is 0 Å². The molecule has 0 bridgehead atoms. The van der Waals surface area contributed by atoms with Crippen molar-refractivity contribution in [2.24, 2.45) is 5.18 Å². The molecule has 0 atom stereocenters. The number of amides is 1. The lowest BCUT2D eigenvalue weighted by molar-refractivity contribution is -0.139. The maximum absolute atomic E-state index is 13.2. The number of nitroso groups, excluding NO2 is 1. The molecule has 2 fully saturated rings. The van der Waals surface area contributed by atoms with E-state index in [9.17, 15) is 22.9 Å². The first-order chi connectivity index (χ1) is 18.8. The number of nitrogens with one attached hydrogen (secondary N) is 1. The van der Waals surface area contributed by atoms with E-state index in [0.717, 1.165) is 28.9 Å². The number of para-hydroxylation sites is 1. The van der Waals surface area contributed by atoms with Crippen molar-refractivity contribution >= 4 is 34.0 Å². The van der Waals surface area contributed by atoms with Gasteiger partial charge in [-0.1, -0.05) is 18.2 Å². The molecule has 206 valence electrons. The third kappa shape index (κ3) is 6.47. The number of rotatable bonds is 7. The van der Waals surface area contributed by atoms with Crippen molar-refractivity contribution in [1.82, 2.24) is 9.88 Å². The van der Waals surface area contributed by atoms with Crippen molar-refractivity contribution in [1.29, 1.82) is 0 Å². The summed E-state index contributed by atoms with van der Waals surface area (Å²) in [6.45, 7) is 2.63. The minimum Gasteiger partial charge on any atom is -0.382 e. The zero-order valence-electron chi connectivity index (χ0n) is 21.4. The second-order valence-corrected chi connectivity index (χ2v) is 9.98. The molecule has 0 unspecified atom stereocenters. The number of fused-ring (bicyclic) bond motifs is 1. The van der Waals surface area contributed by atoms with Gasteiger partial charge in [-0.15, -0.1) is 4.91 Å². The lowest BCUT2D eigenvalue weighted by Gasteiger charge is -2.36. The van der Waals surface area contributed by atoms with Gasteiger partial charge in [0, 0.05) is 43.3 Å². The number of aromatic nitrogens is 1. The smallest absolute Gasteiger partial charge is 0.382 e. The Hall–Kier alpha value is -3.73. The summed E-state index contributed by atoms with van der Waals surface area (Å²) < 4.78 is 45.5. The normalized spacial score (nSPS) is 20.2. The predicted molar refractivity (Wildman–Crippen MR) is 143 cm³/mol. The van der Waals surface area contributed by atoms with Crippen LogP contribution < -0.4 is 10.2 Å². The van der Waals surface area contributed by atoms with Crippen LogP contribution in [0.3, 0.4) is 0 Å². The third-order valence-corrected chi connectivity index (χ3v) is 7.43. The molecule has 0 radical (unpaired) electrons. The molecule has 39 heavy (non-hydrogen) atoms. The summed E-state index contributed by atoms with van der Waals surface area (Å²) in [6, 6.07) is 15.5. The molecule has 11 heteroatoms. The maximum Gasteiger partial charge on any atom is 0.418 e. The van der Waals surface area contributed by atoms with Crippen LogP contribution >= 0.6 is 0 Å². The fourth-order valence-corrected chi connectivity index (χ4v) is 5.24. The zero-order chi connectivity index (χ0) is 27.4. The van der Waals surface area contributed by atoms with E-state index in [4.69, 9.17) is 9.72 Å². The van der Waals surface area contributed by atoms with Gasteiger partial charge in [0.2, 0.25) is 5.91 Å². The predicted octanol–water partition coefficient (Wildman–Crippen LogP) is 5.74. The fraction of sp³-hybridized carbons (Fsp3) is 0.429. The Bertz CT molecular complexity index is 1320. The molecule has 1 aliphatic carbocycles. The van der Waals surface area contributed by atoms with Gasteiger partial charge < -0.3 is 19.9 Å². The Labute approximate surface area is 224 Å². The van der Waals surface area contributed by atoms with E-state index >= 15 is 0 Å². The van der Waals surface area contributed by atoms with Gasteiger partial charge >= 0.3 is 6.18 Å². The number of benzene rings is 2. The number of halogens is 3. The van der Waals surface area contributed by atoms with Crippen LogP contribution in [0.2, 0.25) is 0 Å². The van der Waals surface area contributed by atoms with Crippen LogP contribution in [-0.4, -0.2) is 60.7 Å². The van der Waals surface area contributed by atoms with Crippen molar-refractivity contribution in [3.05, 3.63) is 65.1 Å². The molecular formula is C28H30F3N5O3. The van der Waals surface area contributed by atoms with Crippen LogP contribution in [0.15, 0.2) is 59.8 Å². The van der Waals surface area contributed by atoms with Gasteiger partial charge in [-0.05, 0) is 67.3 Å². The van der Waals surface area contributed by atoms with E-state index in [1.165, 1.54) is 6.07 Å². The highest BCUT2D eigenvalue weighted by atomic mass is 19.4. The van der Waals surface area contributed by atoms with Gasteiger partial charge in [-0.2, -0.15) is 13.2 Å². The lowest BCUT2D eigenvalue weighted by atomic mass is 9.92. The number of alkyl halides is 3. The number of ether oxygens (including phenoxy) is 1. The summed E-state index contributed by atoms with van der Waals surface area (Å²) in [7, 11) is 0. The van der Waals surface area contributed by atoms with Crippen molar-refractivity contribution in [2.45, 2.75) is 44.0 Å². The minimum atomic E-state index is -4.65. The van der Waals surface area contributed by atoms with Crippen LogP contribution in [0, 0.1) is 4.91 Å². The van der Waals surface area contributed by atoms with E-state index in [1.807, 2.05) is 35.2 Å². The summed E-state index contributed by atoms with van der Waals surface area (Å²) in [4.78, 5) is 32.2. The topological polar surface area (TPSA) is 87.1 Å². The molecule has 2 heterocycles. The van der Waals surface area contributed by atoms with E-state index in [0.29, 0.717) is 57.5 Å². The Balaban J connectivity index is 1.05. The average Bonchev–Trinajstić information content (AvgIpc) is 2.96. The molecule has 1 aliphatic heterocycles. The average molecular weight is 542 g/mol. The number of anilines is 2. The van der Waals surface area contributed by atoms with Gasteiger partial charge in [0.05, 0.1) is 17.2 Å². The molecule has 0 spiro atoms. The number of nitrogens with zero attached hydrogens (tertiary/aromatic N) is 4. The number of carbonyl (C=O) groups is 1. The molecule has 5 rings (SSSR count). The number of piperazine rings is 1. The first-order valence-electron chi connectivity index (χ1n) is 13.1. The van der Waals surface area contributed by atoms with E-state index in [1.54, 1.807) is 0 Å². The van der Waals surface area contributed by atoms with Crippen molar-refractivity contribution in [3.63, 3.8) is 0 Å². The maximum atomic E-state index is 13.2. The largest absolute Gasteiger partial charge is 0.418 e. The third-order valence-electron chi connectivity index (χ3n) is 7.43. The van der Waals surface area contributed by atoms with Crippen molar-refractivity contribution in [2.75, 3.05) is 43.0 Å². The van der Waals surface area contributed by atoms with Crippen LogP contribution in [0.4, 0.5) is 30.4 Å². The Kier molecular flexibility index (Phi) is 7.97. The van der Waals surface area contributed by atoms with E-state index < -0.39 is 17.4 Å². The van der Waals surface area contributed by atoms with E-state index in [2.05, 4.69) is 21.5 Å². The number of carbonyl (C=O) groups excluding carboxylic acids is 1.